The van der Waals surface area contributed by atoms with Gasteiger partial charge in [0.1, 0.15) is 0 Å². The van der Waals surface area contributed by atoms with E-state index in [2.05, 4.69) is 51.1 Å². The number of likely N-dealkylation sites (tertiary alicyclic amines) is 1. The molecule has 2 aliphatic rings. The van der Waals surface area contributed by atoms with Crippen molar-refractivity contribution in [1.29, 1.82) is 0 Å². The third kappa shape index (κ3) is 3.63. The Morgan fingerprint density at radius 1 is 0.680 bits per heavy atom. The highest BCUT2D eigenvalue weighted by molar-refractivity contribution is 6.33. The molecule has 1 fully saturated rings. The van der Waals surface area contributed by atoms with Crippen LogP contribution in [0.5, 0.6) is 0 Å². The molecule has 3 nitrogen and oxygen atoms in total. The first-order valence-corrected chi connectivity index (χ1v) is 9.79. The van der Waals surface area contributed by atoms with Crippen molar-refractivity contribution < 1.29 is 0 Å². The minimum atomic E-state index is 0.819. The van der Waals surface area contributed by atoms with Crippen molar-refractivity contribution in [2.45, 2.75) is 19.3 Å². The molecule has 2 aromatic rings. The van der Waals surface area contributed by atoms with E-state index in [9.17, 15) is 0 Å². The van der Waals surface area contributed by atoms with Gasteiger partial charge in [-0.15, -0.1) is 0 Å². The average molecular weight is 356 g/mol. The number of hydrogen-bond donors (Lipinski definition) is 0. The van der Waals surface area contributed by atoms with E-state index in [0.29, 0.717) is 0 Å². The Hall–Kier alpha value is -1.71. The van der Waals surface area contributed by atoms with Crippen LogP contribution >= 0.6 is 11.6 Å². The second kappa shape index (κ2) is 7.67. The van der Waals surface area contributed by atoms with Crippen molar-refractivity contribution in [1.82, 2.24) is 4.90 Å². The molecule has 0 unspecified atom stereocenters. The van der Waals surface area contributed by atoms with Crippen LogP contribution < -0.4 is 9.80 Å². The van der Waals surface area contributed by atoms with Crippen LogP contribution in [-0.4, -0.2) is 44.2 Å². The summed E-state index contributed by atoms with van der Waals surface area (Å²) in [6.45, 7) is 6.81. The zero-order chi connectivity index (χ0) is 17.1. The van der Waals surface area contributed by atoms with E-state index in [1.165, 1.54) is 50.3 Å². The van der Waals surface area contributed by atoms with Crippen molar-refractivity contribution >= 4 is 28.7 Å². The monoisotopic (exact) mass is 355 g/mol. The van der Waals surface area contributed by atoms with Gasteiger partial charge >= 0.3 is 0 Å². The third-order valence-electron chi connectivity index (χ3n) is 5.38. The van der Waals surface area contributed by atoms with Gasteiger partial charge in [-0.3, -0.25) is 0 Å². The van der Waals surface area contributed by atoms with Crippen LogP contribution in [0.3, 0.4) is 0 Å². The molecule has 4 rings (SSSR count). The van der Waals surface area contributed by atoms with Crippen molar-refractivity contribution in [3.8, 4) is 0 Å². The van der Waals surface area contributed by atoms with E-state index in [0.717, 1.165) is 30.3 Å². The Kier molecular flexibility index (Phi) is 5.14. The molecule has 0 amide bonds. The maximum absolute atomic E-state index is 6.46. The number of nitrogens with zero attached hydrogens (tertiary/aromatic N) is 3. The van der Waals surface area contributed by atoms with Crippen LogP contribution in [0.2, 0.25) is 5.02 Å². The number of anilines is 3. The molecule has 0 N–H and O–H groups in total. The molecule has 132 valence electrons. The van der Waals surface area contributed by atoms with E-state index >= 15 is 0 Å². The summed E-state index contributed by atoms with van der Waals surface area (Å²) in [7, 11) is 0. The minimum Gasteiger partial charge on any atom is -0.367 e. The van der Waals surface area contributed by atoms with Crippen LogP contribution in [0.4, 0.5) is 17.1 Å². The lowest BCUT2D eigenvalue weighted by atomic mass is 10.1. The van der Waals surface area contributed by atoms with Crippen molar-refractivity contribution in [2.24, 2.45) is 0 Å². The number of hydrogen-bond acceptors (Lipinski definition) is 3. The quantitative estimate of drug-likeness (QED) is 0.781. The topological polar surface area (TPSA) is 9.72 Å². The van der Waals surface area contributed by atoms with E-state index in [1.54, 1.807) is 0 Å². The fourth-order valence-electron chi connectivity index (χ4n) is 4.02. The molecule has 0 spiro atoms. The molecular weight excluding hydrogens is 330 g/mol. The predicted octanol–water partition coefficient (Wildman–Crippen LogP) is 4.78. The lowest BCUT2D eigenvalue weighted by molar-refractivity contribution is 0.233. The maximum Gasteiger partial charge on any atom is 0.0649 e. The summed E-state index contributed by atoms with van der Waals surface area (Å²) in [5, 5.41) is 0.819. The number of benzene rings is 2. The molecule has 0 aliphatic carbocycles. The fourth-order valence-corrected chi connectivity index (χ4v) is 4.26. The smallest absolute Gasteiger partial charge is 0.0649 e. The lowest BCUT2D eigenvalue weighted by Crippen LogP contribution is -2.43. The zero-order valence-electron chi connectivity index (χ0n) is 14.7. The highest BCUT2D eigenvalue weighted by Gasteiger charge is 2.24. The molecule has 0 atom stereocenters. The van der Waals surface area contributed by atoms with Crippen LogP contribution in [0.15, 0.2) is 48.5 Å². The molecular formula is C21H26ClN3. The number of para-hydroxylation sites is 3. The van der Waals surface area contributed by atoms with Gasteiger partial charge in [-0.05, 0) is 50.2 Å². The molecule has 0 radical (unpaired) electrons. The first-order valence-electron chi connectivity index (χ1n) is 9.41. The van der Waals surface area contributed by atoms with Crippen molar-refractivity contribution in [3.63, 3.8) is 0 Å². The molecule has 2 heterocycles. The zero-order valence-corrected chi connectivity index (χ0v) is 15.5. The van der Waals surface area contributed by atoms with Gasteiger partial charge in [0.05, 0.1) is 22.1 Å². The molecule has 25 heavy (non-hydrogen) atoms. The third-order valence-corrected chi connectivity index (χ3v) is 5.70. The SMILES string of the molecule is Clc1ccccc1N1CCN(CCN2CCCCC2)c2ccccc21. The predicted molar refractivity (Wildman–Crippen MR) is 107 cm³/mol. The van der Waals surface area contributed by atoms with Gasteiger partial charge in [0.25, 0.3) is 0 Å². The molecule has 4 heteroatoms. The number of halogens is 1. The fraction of sp³-hybridized carbons (Fsp3) is 0.429. The van der Waals surface area contributed by atoms with E-state index in [1.807, 2.05) is 12.1 Å². The summed E-state index contributed by atoms with van der Waals surface area (Å²) >= 11 is 6.46. The van der Waals surface area contributed by atoms with Crippen molar-refractivity contribution in [3.05, 3.63) is 53.6 Å². The van der Waals surface area contributed by atoms with Gasteiger partial charge in [0, 0.05) is 26.2 Å². The number of fused-ring (bicyclic) bond motifs is 1. The normalized spacial score (nSPS) is 18.3. The van der Waals surface area contributed by atoms with Crippen LogP contribution in [0, 0.1) is 0 Å². The molecule has 2 aliphatic heterocycles. The maximum atomic E-state index is 6.46. The molecule has 0 aromatic heterocycles. The van der Waals surface area contributed by atoms with Crippen LogP contribution in [-0.2, 0) is 0 Å². The Morgan fingerprint density at radius 3 is 2.12 bits per heavy atom. The van der Waals surface area contributed by atoms with Crippen LogP contribution in [0.25, 0.3) is 0 Å². The number of rotatable bonds is 4. The Morgan fingerprint density at radius 2 is 1.36 bits per heavy atom. The van der Waals surface area contributed by atoms with Gasteiger partial charge in [-0.25, -0.2) is 0 Å². The summed E-state index contributed by atoms with van der Waals surface area (Å²) in [6, 6.07) is 16.9. The standard InChI is InChI=1S/C21H26ClN3/c22-18-8-2-3-9-19(18)25-17-16-24(20-10-4-5-11-21(20)25)15-14-23-12-6-1-7-13-23/h2-5,8-11H,1,6-7,12-17H2. The van der Waals surface area contributed by atoms with E-state index in [4.69, 9.17) is 11.6 Å². The van der Waals surface area contributed by atoms with E-state index < -0.39 is 0 Å². The van der Waals surface area contributed by atoms with Crippen molar-refractivity contribution in [2.75, 3.05) is 49.1 Å². The molecule has 2 aromatic carbocycles. The Bertz CT molecular complexity index is 712. The average Bonchev–Trinajstić information content (AvgIpc) is 2.67. The summed E-state index contributed by atoms with van der Waals surface area (Å²) in [6.07, 6.45) is 4.11. The second-order valence-electron chi connectivity index (χ2n) is 6.98. The Labute approximate surface area is 155 Å². The minimum absolute atomic E-state index is 0.819. The Balaban J connectivity index is 1.53. The second-order valence-corrected chi connectivity index (χ2v) is 7.39. The summed E-state index contributed by atoms with van der Waals surface area (Å²) < 4.78 is 0. The highest BCUT2D eigenvalue weighted by atomic mass is 35.5. The first kappa shape index (κ1) is 16.7. The largest absolute Gasteiger partial charge is 0.367 e. The number of piperidine rings is 1. The highest BCUT2D eigenvalue weighted by Crippen LogP contribution is 2.39. The first-order chi connectivity index (χ1) is 12.3. The molecule has 0 saturated carbocycles. The molecule has 0 bridgehead atoms. The summed E-state index contributed by atoms with van der Waals surface area (Å²) in [4.78, 5) is 7.51. The van der Waals surface area contributed by atoms with E-state index in [-0.39, 0.29) is 0 Å². The molecule has 1 saturated heterocycles. The van der Waals surface area contributed by atoms with Gasteiger partial charge in [0.15, 0.2) is 0 Å². The summed E-state index contributed by atoms with van der Waals surface area (Å²) in [5.41, 5.74) is 3.69. The summed E-state index contributed by atoms with van der Waals surface area (Å²) in [5.74, 6) is 0. The van der Waals surface area contributed by atoms with Crippen LogP contribution in [0.1, 0.15) is 19.3 Å². The van der Waals surface area contributed by atoms with Gasteiger partial charge < -0.3 is 14.7 Å². The lowest BCUT2D eigenvalue weighted by Gasteiger charge is -2.40. The van der Waals surface area contributed by atoms with Gasteiger partial charge in [0.2, 0.25) is 0 Å². The van der Waals surface area contributed by atoms with Gasteiger partial charge in [-0.1, -0.05) is 42.3 Å². The van der Waals surface area contributed by atoms with Gasteiger partial charge in [-0.2, -0.15) is 0 Å².